The first-order chi connectivity index (χ1) is 16.8. The van der Waals surface area contributed by atoms with Gasteiger partial charge in [-0.15, -0.1) is 0 Å². The largest absolute Gasteiger partial charge is 0.486 e. The van der Waals surface area contributed by atoms with Crippen molar-refractivity contribution < 1.29 is 22.7 Å². The van der Waals surface area contributed by atoms with Gasteiger partial charge in [0.1, 0.15) is 18.8 Å². The average Bonchev–Trinajstić information content (AvgIpc) is 3.41. The molecule has 1 amide bonds. The van der Waals surface area contributed by atoms with Gasteiger partial charge in [0.05, 0.1) is 16.5 Å². The van der Waals surface area contributed by atoms with Gasteiger partial charge in [-0.2, -0.15) is 4.31 Å². The molecule has 0 saturated carbocycles. The summed E-state index contributed by atoms with van der Waals surface area (Å²) < 4.78 is 40.3. The van der Waals surface area contributed by atoms with Gasteiger partial charge in [0.15, 0.2) is 11.5 Å². The number of aryl methyl sites for hydroxylation is 1. The molecule has 10 heteroatoms. The Balaban J connectivity index is 1.46. The summed E-state index contributed by atoms with van der Waals surface area (Å²) in [6, 6.07) is 9.55. The fourth-order valence-electron chi connectivity index (χ4n) is 4.56. The van der Waals surface area contributed by atoms with E-state index in [1.54, 1.807) is 23.7 Å². The maximum atomic E-state index is 13.3. The number of hydrogen-bond acceptors (Lipinski definition) is 6. The first-order valence-electron chi connectivity index (χ1n) is 11.6. The number of aromatic nitrogens is 1. The number of ether oxygens (including phenoxy) is 2. The number of fused-ring (bicyclic) bond motifs is 2. The summed E-state index contributed by atoms with van der Waals surface area (Å²) in [7, 11) is -1.97. The molecular weight excluding hydrogens is 470 g/mol. The Hall–Kier alpha value is -3.37. The number of sulfonamides is 1. The van der Waals surface area contributed by atoms with Crippen LogP contribution >= 0.6 is 0 Å². The molecule has 3 aromatic rings. The highest BCUT2D eigenvalue weighted by atomic mass is 32.2. The van der Waals surface area contributed by atoms with E-state index in [1.807, 2.05) is 19.1 Å². The average molecular weight is 498 g/mol. The van der Waals surface area contributed by atoms with E-state index in [0.29, 0.717) is 43.3 Å². The highest BCUT2D eigenvalue weighted by Crippen LogP contribution is 2.32. The lowest BCUT2D eigenvalue weighted by Crippen LogP contribution is -2.32. The third-order valence-corrected chi connectivity index (χ3v) is 8.42. The summed E-state index contributed by atoms with van der Waals surface area (Å²) in [6.45, 7) is 3.71. The number of nitrogens with one attached hydrogen (secondary N) is 1. The zero-order valence-electron chi connectivity index (χ0n) is 19.6. The number of nitrogens with zero attached hydrogens (tertiary/aromatic N) is 2. The van der Waals surface area contributed by atoms with Gasteiger partial charge >= 0.3 is 0 Å². The van der Waals surface area contributed by atoms with Crippen LogP contribution in [0.3, 0.4) is 0 Å². The summed E-state index contributed by atoms with van der Waals surface area (Å²) in [5.74, 6) is 0.729. The van der Waals surface area contributed by atoms with Gasteiger partial charge in [0.25, 0.3) is 5.91 Å². The smallest absolute Gasteiger partial charge is 0.257 e. The third-order valence-electron chi connectivity index (χ3n) is 6.52. The zero-order chi connectivity index (χ0) is 24.7. The molecule has 0 radical (unpaired) electrons. The van der Waals surface area contributed by atoms with Crippen molar-refractivity contribution in [1.29, 1.82) is 0 Å². The van der Waals surface area contributed by atoms with Crippen LogP contribution in [-0.2, 0) is 17.1 Å². The Morgan fingerprint density at radius 3 is 2.49 bits per heavy atom. The molecule has 1 fully saturated rings. The maximum Gasteiger partial charge on any atom is 0.257 e. The van der Waals surface area contributed by atoms with Gasteiger partial charge < -0.3 is 19.4 Å². The van der Waals surface area contributed by atoms with Crippen LogP contribution in [0.4, 0.5) is 0 Å². The Labute approximate surface area is 203 Å². The molecule has 9 nitrogen and oxygen atoms in total. The van der Waals surface area contributed by atoms with Crippen molar-refractivity contribution in [2.75, 3.05) is 26.3 Å². The standard InChI is InChI=1S/C25H27N3O6S/c1-16(17-5-8-22-23(13-17)34-12-11-33-22)26-25(30)20-15-27(2)21-7-6-18(14-19(21)24(20)29)35(31,32)28-9-3-4-10-28/h5-8,13-16H,3-4,9-12H2,1-2H3,(H,26,30)/t16-/m1/s1. The van der Waals surface area contributed by atoms with E-state index in [-0.39, 0.29) is 15.8 Å². The van der Waals surface area contributed by atoms with E-state index in [9.17, 15) is 18.0 Å². The number of benzene rings is 2. The Morgan fingerprint density at radius 2 is 1.74 bits per heavy atom. The molecule has 2 aromatic carbocycles. The lowest BCUT2D eigenvalue weighted by atomic mass is 10.1. The number of carbonyl (C=O) groups excluding carboxylic acids is 1. The minimum Gasteiger partial charge on any atom is -0.486 e. The van der Waals surface area contributed by atoms with E-state index in [1.165, 1.54) is 22.6 Å². The van der Waals surface area contributed by atoms with Gasteiger partial charge in [0.2, 0.25) is 15.5 Å². The molecule has 0 aliphatic carbocycles. The van der Waals surface area contributed by atoms with Crippen LogP contribution < -0.4 is 20.2 Å². The fraction of sp³-hybridized carbons (Fsp3) is 0.360. The van der Waals surface area contributed by atoms with Crippen LogP contribution in [-0.4, -0.2) is 49.5 Å². The van der Waals surface area contributed by atoms with E-state index in [0.717, 1.165) is 18.4 Å². The molecule has 0 spiro atoms. The normalized spacial score (nSPS) is 16.9. The van der Waals surface area contributed by atoms with Gasteiger partial charge in [-0.3, -0.25) is 9.59 Å². The molecule has 0 bridgehead atoms. The number of pyridine rings is 1. The Morgan fingerprint density at radius 1 is 1.03 bits per heavy atom. The molecule has 1 N–H and O–H groups in total. The second kappa shape index (κ2) is 9.01. The van der Waals surface area contributed by atoms with Crippen molar-refractivity contribution in [2.45, 2.75) is 30.7 Å². The quantitative estimate of drug-likeness (QED) is 0.581. The second-order valence-corrected chi connectivity index (χ2v) is 10.8. The molecule has 1 atom stereocenters. The summed E-state index contributed by atoms with van der Waals surface area (Å²) in [4.78, 5) is 26.5. The predicted octanol–water partition coefficient (Wildman–Crippen LogP) is 2.59. The van der Waals surface area contributed by atoms with Crippen LogP contribution in [0.1, 0.15) is 41.7 Å². The molecule has 1 aromatic heterocycles. The Bertz CT molecular complexity index is 1470. The molecule has 0 unspecified atom stereocenters. The molecular formula is C25H27N3O6S. The number of amides is 1. The van der Waals surface area contributed by atoms with Crippen molar-refractivity contribution in [1.82, 2.24) is 14.2 Å². The van der Waals surface area contributed by atoms with Gasteiger partial charge in [-0.05, 0) is 55.7 Å². The molecule has 35 heavy (non-hydrogen) atoms. The molecule has 2 aliphatic rings. The molecule has 3 heterocycles. The summed E-state index contributed by atoms with van der Waals surface area (Å²) in [6.07, 6.45) is 3.12. The van der Waals surface area contributed by atoms with Crippen molar-refractivity contribution in [3.63, 3.8) is 0 Å². The molecule has 184 valence electrons. The third kappa shape index (κ3) is 4.28. The number of rotatable bonds is 5. The van der Waals surface area contributed by atoms with Crippen LogP contribution in [0.25, 0.3) is 10.9 Å². The Kier molecular flexibility index (Phi) is 6.02. The second-order valence-electron chi connectivity index (χ2n) is 8.87. The highest BCUT2D eigenvalue weighted by Gasteiger charge is 2.28. The topological polar surface area (TPSA) is 107 Å². The van der Waals surface area contributed by atoms with Crippen LogP contribution in [0, 0.1) is 0 Å². The minimum atomic E-state index is -3.69. The predicted molar refractivity (Wildman–Crippen MR) is 130 cm³/mol. The summed E-state index contributed by atoms with van der Waals surface area (Å²) >= 11 is 0. The van der Waals surface area contributed by atoms with Crippen molar-refractivity contribution in [3.8, 4) is 11.5 Å². The minimum absolute atomic E-state index is 0.0555. The van der Waals surface area contributed by atoms with E-state index in [4.69, 9.17) is 9.47 Å². The SMILES string of the molecule is C[C@@H](NC(=O)c1cn(C)c2ccc(S(=O)(=O)N3CCCC3)cc2c1=O)c1ccc2c(c1)OCCO2. The lowest BCUT2D eigenvalue weighted by Gasteiger charge is -2.21. The lowest BCUT2D eigenvalue weighted by molar-refractivity contribution is 0.0938. The highest BCUT2D eigenvalue weighted by molar-refractivity contribution is 7.89. The van der Waals surface area contributed by atoms with Crippen molar-refractivity contribution in [2.24, 2.45) is 7.05 Å². The number of hydrogen-bond donors (Lipinski definition) is 1. The maximum absolute atomic E-state index is 13.3. The van der Waals surface area contributed by atoms with Crippen LogP contribution in [0.2, 0.25) is 0 Å². The van der Waals surface area contributed by atoms with Crippen LogP contribution in [0.15, 0.2) is 52.3 Å². The number of carbonyl (C=O) groups is 1. The monoisotopic (exact) mass is 497 g/mol. The summed E-state index contributed by atoms with van der Waals surface area (Å²) in [5, 5.41) is 3.05. The molecule has 1 saturated heterocycles. The van der Waals surface area contributed by atoms with Crippen molar-refractivity contribution >= 4 is 26.8 Å². The van der Waals surface area contributed by atoms with Gasteiger partial charge in [-0.1, -0.05) is 6.07 Å². The first-order valence-corrected chi connectivity index (χ1v) is 13.0. The van der Waals surface area contributed by atoms with E-state index < -0.39 is 27.4 Å². The van der Waals surface area contributed by atoms with Gasteiger partial charge in [0, 0.05) is 31.7 Å². The first kappa shape index (κ1) is 23.4. The van der Waals surface area contributed by atoms with E-state index in [2.05, 4.69) is 5.32 Å². The summed E-state index contributed by atoms with van der Waals surface area (Å²) in [5.41, 5.74) is 0.787. The van der Waals surface area contributed by atoms with E-state index >= 15 is 0 Å². The van der Waals surface area contributed by atoms with Crippen molar-refractivity contribution in [3.05, 3.63) is 63.9 Å². The fourth-order valence-corrected chi connectivity index (χ4v) is 6.10. The zero-order valence-corrected chi connectivity index (χ0v) is 20.4. The molecule has 2 aliphatic heterocycles. The molecule has 5 rings (SSSR count). The van der Waals surface area contributed by atoms with Gasteiger partial charge in [-0.25, -0.2) is 8.42 Å². The van der Waals surface area contributed by atoms with Crippen LogP contribution in [0.5, 0.6) is 11.5 Å².